The minimum atomic E-state index is -0.753. The highest BCUT2D eigenvalue weighted by Crippen LogP contribution is 2.28. The van der Waals surface area contributed by atoms with Gasteiger partial charge in [0.2, 0.25) is 0 Å². The second-order valence-corrected chi connectivity index (χ2v) is 3.71. The Labute approximate surface area is 109 Å². The molecular weight excluding hydrogens is 246 g/mol. The first kappa shape index (κ1) is 12.6. The lowest BCUT2D eigenvalue weighted by Crippen LogP contribution is -2.34. The lowest BCUT2D eigenvalue weighted by molar-refractivity contribution is -0.137. The van der Waals surface area contributed by atoms with Gasteiger partial charge in [-0.3, -0.25) is 0 Å². The van der Waals surface area contributed by atoms with Crippen LogP contribution >= 0.6 is 0 Å². The summed E-state index contributed by atoms with van der Waals surface area (Å²) < 4.78 is 4.81. The average Bonchev–Trinajstić information content (AvgIpc) is 2.39. The average molecular weight is 257 g/mol. The first-order chi connectivity index (χ1) is 9.17. The maximum Gasteiger partial charge on any atom is 0.351 e. The van der Waals surface area contributed by atoms with Crippen LogP contribution in [0.3, 0.4) is 0 Å². The third-order valence-corrected chi connectivity index (χ3v) is 2.52. The molecular formula is C13H11N3O3. The number of benzene rings is 1. The van der Waals surface area contributed by atoms with Gasteiger partial charge in [0.05, 0.1) is 18.0 Å². The number of urea groups is 1. The SMILES string of the molecule is CCOC(=O)C(C#N)=C1NC(=O)Nc2ccccc21. The second kappa shape index (κ2) is 5.23. The van der Waals surface area contributed by atoms with Crippen LogP contribution in [-0.2, 0) is 9.53 Å². The molecule has 6 heteroatoms. The van der Waals surface area contributed by atoms with Crippen LogP contribution < -0.4 is 10.6 Å². The molecule has 6 nitrogen and oxygen atoms in total. The van der Waals surface area contributed by atoms with E-state index >= 15 is 0 Å². The molecule has 2 amide bonds. The van der Waals surface area contributed by atoms with Crippen LogP contribution in [0, 0.1) is 11.3 Å². The number of nitrogens with one attached hydrogen (secondary N) is 2. The van der Waals surface area contributed by atoms with E-state index in [2.05, 4.69) is 10.6 Å². The zero-order valence-electron chi connectivity index (χ0n) is 10.2. The number of nitriles is 1. The fourth-order valence-corrected chi connectivity index (χ4v) is 1.75. The number of carbonyl (C=O) groups excluding carboxylic acids is 2. The molecule has 0 aliphatic carbocycles. The summed E-state index contributed by atoms with van der Waals surface area (Å²) in [5, 5.41) is 14.2. The number of ether oxygens (including phenoxy) is 1. The molecule has 0 fully saturated rings. The summed E-state index contributed by atoms with van der Waals surface area (Å²) in [6.45, 7) is 1.80. The number of hydrogen-bond acceptors (Lipinski definition) is 4. The molecule has 1 aromatic carbocycles. The van der Waals surface area contributed by atoms with E-state index in [1.165, 1.54) is 0 Å². The molecule has 0 aromatic heterocycles. The maximum absolute atomic E-state index is 11.7. The zero-order chi connectivity index (χ0) is 13.8. The summed E-state index contributed by atoms with van der Waals surface area (Å²) in [5.41, 5.74) is 1.06. The van der Waals surface area contributed by atoms with E-state index in [0.29, 0.717) is 11.3 Å². The van der Waals surface area contributed by atoms with Gasteiger partial charge < -0.3 is 15.4 Å². The minimum Gasteiger partial charge on any atom is -0.462 e. The first-order valence-electron chi connectivity index (χ1n) is 5.66. The van der Waals surface area contributed by atoms with Gasteiger partial charge in [-0.2, -0.15) is 5.26 Å². The van der Waals surface area contributed by atoms with Gasteiger partial charge >= 0.3 is 12.0 Å². The standard InChI is InChI=1S/C13H11N3O3/c1-2-19-12(17)9(7-14)11-8-5-3-4-6-10(8)15-13(18)16-11/h3-6H,2H2,1H3,(H2,15,16,18). The molecule has 2 N–H and O–H groups in total. The Morgan fingerprint density at radius 3 is 2.79 bits per heavy atom. The van der Waals surface area contributed by atoms with Crippen LogP contribution in [0.4, 0.5) is 10.5 Å². The number of carbonyl (C=O) groups is 2. The zero-order valence-corrected chi connectivity index (χ0v) is 10.2. The molecule has 0 unspecified atom stereocenters. The van der Waals surface area contributed by atoms with Gasteiger partial charge in [-0.1, -0.05) is 18.2 Å². The van der Waals surface area contributed by atoms with Crippen LogP contribution in [0.5, 0.6) is 0 Å². The largest absolute Gasteiger partial charge is 0.462 e. The highest BCUT2D eigenvalue weighted by atomic mass is 16.5. The Morgan fingerprint density at radius 2 is 2.11 bits per heavy atom. The van der Waals surface area contributed by atoms with E-state index in [9.17, 15) is 9.59 Å². The molecule has 0 atom stereocenters. The molecule has 0 saturated heterocycles. The smallest absolute Gasteiger partial charge is 0.351 e. The normalized spacial score (nSPS) is 15.5. The number of para-hydroxylation sites is 1. The number of anilines is 1. The molecule has 0 spiro atoms. The van der Waals surface area contributed by atoms with Crippen LogP contribution in [0.2, 0.25) is 0 Å². The molecule has 96 valence electrons. The Bertz CT molecular complexity index is 614. The second-order valence-electron chi connectivity index (χ2n) is 3.71. The third kappa shape index (κ3) is 2.40. The van der Waals surface area contributed by atoms with Crippen molar-refractivity contribution in [2.45, 2.75) is 6.92 Å². The summed E-state index contributed by atoms with van der Waals surface area (Å²) in [6.07, 6.45) is 0. The Balaban J connectivity index is 2.57. The predicted molar refractivity (Wildman–Crippen MR) is 67.8 cm³/mol. The van der Waals surface area contributed by atoms with Crippen molar-refractivity contribution in [3.63, 3.8) is 0 Å². The molecule has 1 aliphatic heterocycles. The monoisotopic (exact) mass is 257 g/mol. The molecule has 1 aliphatic rings. The molecule has 0 radical (unpaired) electrons. The van der Waals surface area contributed by atoms with Gasteiger partial charge in [-0.25, -0.2) is 9.59 Å². The van der Waals surface area contributed by atoms with Crippen LogP contribution in [0.25, 0.3) is 5.70 Å². The summed E-state index contributed by atoms with van der Waals surface area (Å²) in [5.74, 6) is -0.753. The fraction of sp³-hybridized carbons (Fsp3) is 0.154. The van der Waals surface area contributed by atoms with Crippen molar-refractivity contribution in [1.29, 1.82) is 5.26 Å². The van der Waals surface area contributed by atoms with Gasteiger partial charge in [0.1, 0.15) is 6.07 Å². The quantitative estimate of drug-likeness (QED) is 0.478. The first-order valence-corrected chi connectivity index (χ1v) is 5.66. The van der Waals surface area contributed by atoms with Crippen molar-refractivity contribution >= 4 is 23.4 Å². The maximum atomic E-state index is 11.7. The van der Waals surface area contributed by atoms with Crippen LogP contribution in [-0.4, -0.2) is 18.6 Å². The van der Waals surface area contributed by atoms with E-state index in [-0.39, 0.29) is 17.9 Å². The number of esters is 1. The number of hydrogen-bond donors (Lipinski definition) is 2. The van der Waals surface area contributed by atoms with Crippen molar-refractivity contribution in [3.8, 4) is 6.07 Å². The highest BCUT2D eigenvalue weighted by molar-refractivity contribution is 6.10. The Kier molecular flexibility index (Phi) is 3.48. The summed E-state index contributed by atoms with van der Waals surface area (Å²) >= 11 is 0. The van der Waals surface area contributed by atoms with Gasteiger partial charge in [0.15, 0.2) is 5.57 Å². The highest BCUT2D eigenvalue weighted by Gasteiger charge is 2.25. The number of amides is 2. The summed E-state index contributed by atoms with van der Waals surface area (Å²) in [6, 6.07) is 8.17. The molecule has 0 bridgehead atoms. The van der Waals surface area contributed by atoms with Gasteiger partial charge in [-0.05, 0) is 13.0 Å². The molecule has 2 rings (SSSR count). The molecule has 1 aromatic rings. The lowest BCUT2D eigenvalue weighted by atomic mass is 10.0. The van der Waals surface area contributed by atoms with E-state index < -0.39 is 12.0 Å². The van der Waals surface area contributed by atoms with E-state index in [0.717, 1.165) is 0 Å². The van der Waals surface area contributed by atoms with Crippen molar-refractivity contribution in [2.75, 3.05) is 11.9 Å². The molecule has 1 heterocycles. The molecule has 19 heavy (non-hydrogen) atoms. The minimum absolute atomic E-state index is 0.158. The third-order valence-electron chi connectivity index (χ3n) is 2.52. The summed E-state index contributed by atoms with van der Waals surface area (Å²) in [7, 11) is 0. The Hall–Kier alpha value is -2.81. The predicted octanol–water partition coefficient (Wildman–Crippen LogP) is 1.62. The van der Waals surface area contributed by atoms with Crippen molar-refractivity contribution in [2.24, 2.45) is 0 Å². The van der Waals surface area contributed by atoms with Crippen molar-refractivity contribution < 1.29 is 14.3 Å². The number of rotatable bonds is 2. The van der Waals surface area contributed by atoms with Crippen LogP contribution in [0.15, 0.2) is 29.8 Å². The van der Waals surface area contributed by atoms with Gasteiger partial charge in [-0.15, -0.1) is 0 Å². The summed E-state index contributed by atoms with van der Waals surface area (Å²) in [4.78, 5) is 23.2. The van der Waals surface area contributed by atoms with Crippen molar-refractivity contribution in [3.05, 3.63) is 35.4 Å². The van der Waals surface area contributed by atoms with E-state index in [1.54, 1.807) is 37.3 Å². The lowest BCUT2D eigenvalue weighted by Gasteiger charge is -2.21. The topological polar surface area (TPSA) is 91.2 Å². The van der Waals surface area contributed by atoms with Gasteiger partial charge in [0.25, 0.3) is 0 Å². The molecule has 0 saturated carbocycles. The number of fused-ring (bicyclic) bond motifs is 1. The van der Waals surface area contributed by atoms with Crippen molar-refractivity contribution in [1.82, 2.24) is 5.32 Å². The number of nitrogens with zero attached hydrogens (tertiary/aromatic N) is 1. The van der Waals surface area contributed by atoms with Gasteiger partial charge in [0, 0.05) is 5.56 Å². The fourth-order valence-electron chi connectivity index (χ4n) is 1.75. The van der Waals surface area contributed by atoms with E-state index in [1.807, 2.05) is 0 Å². The van der Waals surface area contributed by atoms with Crippen LogP contribution in [0.1, 0.15) is 12.5 Å². The van der Waals surface area contributed by atoms with E-state index in [4.69, 9.17) is 10.00 Å². The Morgan fingerprint density at radius 1 is 1.37 bits per heavy atom.